The van der Waals surface area contributed by atoms with Crippen LogP contribution in [-0.2, 0) is 16.7 Å². The van der Waals surface area contributed by atoms with Crippen LogP contribution in [0.1, 0.15) is 36.1 Å². The van der Waals surface area contributed by atoms with E-state index in [1.807, 2.05) is 61.2 Å². The summed E-state index contributed by atoms with van der Waals surface area (Å²) < 4.78 is 40.3. The Balaban J connectivity index is 1.31. The molecule has 1 amide bonds. The zero-order valence-corrected chi connectivity index (χ0v) is 22.2. The first-order valence-corrected chi connectivity index (χ1v) is 13.5. The highest BCUT2D eigenvalue weighted by molar-refractivity contribution is 7.98. The van der Waals surface area contributed by atoms with Crippen LogP contribution in [0.3, 0.4) is 0 Å². The molecule has 0 spiro atoms. The number of aliphatic imine (C=N–C) groups is 1. The third kappa shape index (κ3) is 6.08. The van der Waals surface area contributed by atoms with Crippen LogP contribution >= 0.6 is 11.8 Å². The number of hydrogen-bond acceptors (Lipinski definition) is 6. The number of nitrogens with zero attached hydrogens (tertiary/aromatic N) is 4. The number of benzene rings is 2. The van der Waals surface area contributed by atoms with Gasteiger partial charge < -0.3 is 15.2 Å². The highest BCUT2D eigenvalue weighted by atomic mass is 32.2. The van der Waals surface area contributed by atoms with Crippen molar-refractivity contribution in [3.05, 3.63) is 77.5 Å². The zero-order valence-electron chi connectivity index (χ0n) is 21.4. The van der Waals surface area contributed by atoms with Crippen molar-refractivity contribution in [3.63, 3.8) is 0 Å². The molecular formula is C28H27F3N6OS. The number of pyridine rings is 1. The summed E-state index contributed by atoms with van der Waals surface area (Å²) in [6.07, 6.45) is -0.154. The second-order valence-corrected chi connectivity index (χ2v) is 10.3. The Morgan fingerprint density at radius 3 is 2.59 bits per heavy atom. The van der Waals surface area contributed by atoms with E-state index in [-0.39, 0.29) is 11.9 Å². The molecular weight excluding hydrogens is 525 g/mol. The summed E-state index contributed by atoms with van der Waals surface area (Å²) in [5.74, 6) is 0.830. The van der Waals surface area contributed by atoms with E-state index in [4.69, 9.17) is 0 Å². The molecule has 39 heavy (non-hydrogen) atoms. The lowest BCUT2D eigenvalue weighted by Crippen LogP contribution is -2.31. The highest BCUT2D eigenvalue weighted by Crippen LogP contribution is 2.32. The highest BCUT2D eigenvalue weighted by Gasteiger charge is 2.30. The fourth-order valence-electron chi connectivity index (χ4n) is 4.26. The molecule has 0 fully saturated rings. The van der Waals surface area contributed by atoms with E-state index < -0.39 is 17.8 Å². The van der Waals surface area contributed by atoms with Crippen LogP contribution < -0.4 is 10.6 Å². The molecule has 0 aromatic heterocycles. The minimum Gasteiger partial charge on any atom is -0.375 e. The Hall–Kier alpha value is -3.86. The second kappa shape index (κ2) is 11.1. The van der Waals surface area contributed by atoms with Crippen LogP contribution in [0, 0.1) is 6.92 Å². The summed E-state index contributed by atoms with van der Waals surface area (Å²) in [7, 11) is 0. The molecule has 202 valence electrons. The van der Waals surface area contributed by atoms with Crippen LogP contribution in [-0.4, -0.2) is 39.2 Å². The third-order valence-corrected chi connectivity index (χ3v) is 7.42. The average Bonchev–Trinajstić information content (AvgIpc) is 3.31. The number of hydrogen-bond donors (Lipinski definition) is 2. The van der Waals surface area contributed by atoms with Crippen molar-refractivity contribution in [2.24, 2.45) is 4.99 Å². The Morgan fingerprint density at radius 1 is 1.15 bits per heavy atom. The first kappa shape index (κ1) is 26.7. The second-order valence-electron chi connectivity index (χ2n) is 9.32. The number of rotatable bonds is 9. The summed E-state index contributed by atoms with van der Waals surface area (Å²) in [6, 6.07) is 14.3. The van der Waals surface area contributed by atoms with Gasteiger partial charge in [0.15, 0.2) is 11.0 Å². The minimum atomic E-state index is -4.36. The van der Waals surface area contributed by atoms with Crippen LogP contribution in [0.4, 0.5) is 24.5 Å². The Bertz CT molecular complexity index is 1470. The molecule has 3 heterocycles. The van der Waals surface area contributed by atoms with Gasteiger partial charge in [-0.2, -0.15) is 13.2 Å². The van der Waals surface area contributed by atoms with Crippen molar-refractivity contribution >= 4 is 35.3 Å². The number of halogens is 3. The van der Waals surface area contributed by atoms with Crippen molar-refractivity contribution in [1.29, 1.82) is 0 Å². The van der Waals surface area contributed by atoms with Gasteiger partial charge in [0, 0.05) is 29.5 Å². The van der Waals surface area contributed by atoms with Gasteiger partial charge in [-0.15, -0.1) is 0 Å². The number of imidazole rings is 1. The molecule has 0 saturated carbocycles. The average molecular weight is 553 g/mol. The summed E-state index contributed by atoms with van der Waals surface area (Å²) >= 11 is 1.33. The molecule has 0 bridgehead atoms. The molecule has 2 aromatic rings. The van der Waals surface area contributed by atoms with Gasteiger partial charge in [-0.25, -0.2) is 9.97 Å². The smallest absolute Gasteiger partial charge is 0.375 e. The van der Waals surface area contributed by atoms with Crippen molar-refractivity contribution in [1.82, 2.24) is 14.5 Å². The fraction of sp³-hybridized carbons (Fsp3) is 0.286. The lowest BCUT2D eigenvalue weighted by Gasteiger charge is -2.23. The van der Waals surface area contributed by atoms with Crippen molar-refractivity contribution in [2.45, 2.75) is 49.4 Å². The van der Waals surface area contributed by atoms with Gasteiger partial charge in [-0.05, 0) is 60.9 Å². The SMILES string of the molecule is CCC(C(=O)Nc1cc(NC2C=NC2)ccc1C)n1cccc2nc(SCc3ccc(C(F)(F)F)cc3)nc1-2. The maximum atomic E-state index is 13.4. The number of alkyl halides is 3. The first-order valence-electron chi connectivity index (χ1n) is 12.5. The van der Waals surface area contributed by atoms with Crippen LogP contribution in [0.5, 0.6) is 0 Å². The number of aryl methyl sites for hydroxylation is 1. The topological polar surface area (TPSA) is 84.2 Å². The summed E-state index contributed by atoms with van der Waals surface area (Å²) in [5.41, 5.74) is 3.28. The van der Waals surface area contributed by atoms with E-state index in [1.54, 1.807) is 0 Å². The zero-order chi connectivity index (χ0) is 27.6. The Labute approximate surface area is 228 Å². The van der Waals surface area contributed by atoms with E-state index in [0.717, 1.165) is 41.2 Å². The molecule has 2 N–H and O–H groups in total. The molecule has 3 aliphatic rings. The normalized spacial score (nSPS) is 15.7. The van der Waals surface area contributed by atoms with E-state index >= 15 is 0 Å². The monoisotopic (exact) mass is 552 g/mol. The lowest BCUT2D eigenvalue weighted by atomic mass is 10.1. The predicted octanol–water partition coefficient (Wildman–Crippen LogP) is 6.46. The molecule has 7 nitrogen and oxygen atoms in total. The molecule has 2 aromatic carbocycles. The van der Waals surface area contributed by atoms with Crippen molar-refractivity contribution in [3.8, 4) is 11.5 Å². The fourth-order valence-corrected chi connectivity index (χ4v) is 5.06. The van der Waals surface area contributed by atoms with E-state index in [1.165, 1.54) is 23.9 Å². The summed E-state index contributed by atoms with van der Waals surface area (Å²) in [6.45, 7) is 4.62. The maximum Gasteiger partial charge on any atom is 0.416 e. The number of amides is 1. The number of anilines is 2. The minimum absolute atomic E-state index is 0.164. The van der Waals surface area contributed by atoms with Gasteiger partial charge in [0.1, 0.15) is 11.7 Å². The first-order chi connectivity index (χ1) is 18.7. The van der Waals surface area contributed by atoms with Gasteiger partial charge in [-0.1, -0.05) is 36.9 Å². The van der Waals surface area contributed by atoms with Gasteiger partial charge in [0.25, 0.3) is 0 Å². The molecule has 0 aliphatic carbocycles. The number of fused-ring (bicyclic) bond motifs is 1. The van der Waals surface area contributed by atoms with E-state index in [9.17, 15) is 18.0 Å². The van der Waals surface area contributed by atoms with Crippen LogP contribution in [0.25, 0.3) is 11.5 Å². The molecule has 0 saturated heterocycles. The number of nitrogens with one attached hydrogen (secondary N) is 2. The molecule has 2 atom stereocenters. The number of thioether (sulfide) groups is 1. The molecule has 3 aliphatic heterocycles. The van der Waals surface area contributed by atoms with Gasteiger partial charge >= 0.3 is 6.18 Å². The number of aromatic nitrogens is 3. The number of carbonyl (C=O) groups is 1. The summed E-state index contributed by atoms with van der Waals surface area (Å²) in [4.78, 5) is 26.8. The largest absolute Gasteiger partial charge is 0.416 e. The van der Waals surface area contributed by atoms with Crippen molar-refractivity contribution in [2.75, 3.05) is 17.2 Å². The van der Waals surface area contributed by atoms with Gasteiger partial charge in [-0.3, -0.25) is 9.79 Å². The van der Waals surface area contributed by atoms with Crippen LogP contribution in [0.2, 0.25) is 0 Å². The van der Waals surface area contributed by atoms with Gasteiger partial charge in [0.2, 0.25) is 5.91 Å². The molecule has 0 radical (unpaired) electrons. The predicted molar refractivity (Wildman–Crippen MR) is 148 cm³/mol. The van der Waals surface area contributed by atoms with Gasteiger partial charge in [0.05, 0.1) is 18.2 Å². The van der Waals surface area contributed by atoms with Crippen molar-refractivity contribution < 1.29 is 18.0 Å². The maximum absolute atomic E-state index is 13.4. The van der Waals surface area contributed by atoms with Crippen LogP contribution in [0.15, 0.2) is 70.9 Å². The molecule has 2 unspecified atom stereocenters. The Kier molecular flexibility index (Phi) is 7.60. The standard InChI is InChI=1S/C28H27F3N6OS/c1-3-24(26(38)34-23-13-20(11-6-17(23)2)33-21-14-32-15-21)37-12-4-5-22-25(37)36-27(35-22)39-16-18-7-9-19(10-8-18)28(29,30)31/h4-14,21,24,33H,3,15-16H2,1-2H3,(H,34,38). The lowest BCUT2D eigenvalue weighted by molar-refractivity contribution is -0.137. The molecule has 5 rings (SSSR count). The number of carbonyl (C=O) groups excluding carboxylic acids is 1. The third-order valence-electron chi connectivity index (χ3n) is 6.50. The molecule has 11 heteroatoms. The quantitative estimate of drug-likeness (QED) is 0.233. The Morgan fingerprint density at radius 2 is 1.92 bits per heavy atom. The van der Waals surface area contributed by atoms with E-state index in [0.29, 0.717) is 28.8 Å². The van der Waals surface area contributed by atoms with E-state index in [2.05, 4.69) is 25.6 Å². The summed E-state index contributed by atoms with van der Waals surface area (Å²) in [5, 5.41) is 6.95.